The molecular formula is C28H27N3O4S. The van der Waals surface area contributed by atoms with Crippen LogP contribution in [0.3, 0.4) is 0 Å². The van der Waals surface area contributed by atoms with Crippen molar-refractivity contribution < 1.29 is 19.4 Å². The van der Waals surface area contributed by atoms with Crippen LogP contribution in [0.2, 0.25) is 0 Å². The van der Waals surface area contributed by atoms with Gasteiger partial charge in [-0.15, -0.1) is 0 Å². The molecule has 1 aromatic heterocycles. The van der Waals surface area contributed by atoms with Crippen LogP contribution in [0.25, 0.3) is 16.6 Å². The standard InChI is InChI=1S/C28H27N3O4S/c1-3-4-15-29-21-10-5-18(6-11-21)16-23(27(32)19-7-12-22(35-2)13-8-19)26(28(33)34)20-9-14-24-25(17-20)31-36-30-24/h5-14,17,29H,3-4,15-16H2,1-2H3,(H,33,34). The molecule has 3 aromatic carbocycles. The van der Waals surface area contributed by atoms with E-state index >= 15 is 0 Å². The molecule has 0 amide bonds. The fraction of sp³-hybridized carbons (Fsp3) is 0.214. The van der Waals surface area contributed by atoms with Crippen molar-refractivity contribution in [3.05, 3.63) is 89.0 Å². The van der Waals surface area contributed by atoms with Gasteiger partial charge in [-0.3, -0.25) is 4.79 Å². The van der Waals surface area contributed by atoms with Crippen LogP contribution in [-0.2, 0) is 11.2 Å². The number of rotatable bonds is 11. The summed E-state index contributed by atoms with van der Waals surface area (Å²) in [5, 5.41) is 13.6. The van der Waals surface area contributed by atoms with Gasteiger partial charge in [-0.05, 0) is 66.1 Å². The van der Waals surface area contributed by atoms with Crippen LogP contribution in [0, 0.1) is 0 Å². The number of carbonyl (C=O) groups is 2. The lowest BCUT2D eigenvalue weighted by Gasteiger charge is -2.14. The summed E-state index contributed by atoms with van der Waals surface area (Å²) in [5.41, 5.74) is 4.05. The van der Waals surface area contributed by atoms with Crippen molar-refractivity contribution in [2.75, 3.05) is 19.0 Å². The summed E-state index contributed by atoms with van der Waals surface area (Å²) in [6.07, 6.45) is 2.34. The number of fused-ring (bicyclic) bond motifs is 1. The Kier molecular flexibility index (Phi) is 8.07. The molecule has 0 atom stereocenters. The zero-order chi connectivity index (χ0) is 25.5. The van der Waals surface area contributed by atoms with Gasteiger partial charge in [0, 0.05) is 29.8 Å². The number of carboxylic acids is 1. The van der Waals surface area contributed by atoms with Crippen molar-refractivity contribution in [3.63, 3.8) is 0 Å². The number of anilines is 1. The van der Waals surface area contributed by atoms with Crippen molar-refractivity contribution in [2.45, 2.75) is 26.2 Å². The minimum Gasteiger partial charge on any atom is -0.497 e. The molecule has 0 spiro atoms. The van der Waals surface area contributed by atoms with Crippen LogP contribution in [0.4, 0.5) is 5.69 Å². The monoisotopic (exact) mass is 501 g/mol. The van der Waals surface area contributed by atoms with Crippen molar-refractivity contribution in [3.8, 4) is 5.75 Å². The fourth-order valence-electron chi connectivity index (χ4n) is 3.92. The number of hydrogen-bond donors (Lipinski definition) is 2. The number of benzene rings is 3. The topological polar surface area (TPSA) is 101 Å². The van der Waals surface area contributed by atoms with E-state index in [1.165, 1.54) is 0 Å². The van der Waals surface area contributed by atoms with E-state index in [9.17, 15) is 14.7 Å². The highest BCUT2D eigenvalue weighted by atomic mass is 32.1. The van der Waals surface area contributed by atoms with E-state index in [-0.39, 0.29) is 23.4 Å². The third-order valence-electron chi connectivity index (χ3n) is 5.88. The maximum atomic E-state index is 13.7. The predicted molar refractivity (Wildman–Crippen MR) is 143 cm³/mol. The minimum absolute atomic E-state index is 0.0455. The van der Waals surface area contributed by atoms with Crippen molar-refractivity contribution >= 4 is 45.8 Å². The van der Waals surface area contributed by atoms with Gasteiger partial charge in [0.1, 0.15) is 16.8 Å². The van der Waals surface area contributed by atoms with E-state index in [1.54, 1.807) is 49.6 Å². The highest BCUT2D eigenvalue weighted by Crippen LogP contribution is 2.28. The second-order valence-electron chi connectivity index (χ2n) is 8.34. The smallest absolute Gasteiger partial charge is 0.336 e. The van der Waals surface area contributed by atoms with E-state index in [2.05, 4.69) is 21.0 Å². The van der Waals surface area contributed by atoms with E-state index in [1.807, 2.05) is 24.3 Å². The lowest BCUT2D eigenvalue weighted by Crippen LogP contribution is -2.14. The molecule has 4 aromatic rings. The summed E-state index contributed by atoms with van der Waals surface area (Å²) in [5.74, 6) is -0.910. The zero-order valence-corrected chi connectivity index (χ0v) is 21.0. The molecule has 0 unspecified atom stereocenters. The summed E-state index contributed by atoms with van der Waals surface area (Å²) in [7, 11) is 1.55. The van der Waals surface area contributed by atoms with Gasteiger partial charge in [-0.1, -0.05) is 31.5 Å². The average molecular weight is 502 g/mol. The molecule has 0 saturated heterocycles. The molecular weight excluding hydrogens is 474 g/mol. The maximum Gasteiger partial charge on any atom is 0.336 e. The Morgan fingerprint density at radius 3 is 2.31 bits per heavy atom. The fourth-order valence-corrected chi connectivity index (χ4v) is 4.43. The molecule has 0 radical (unpaired) electrons. The van der Waals surface area contributed by atoms with Crippen LogP contribution < -0.4 is 10.1 Å². The third kappa shape index (κ3) is 5.78. The second-order valence-corrected chi connectivity index (χ2v) is 8.87. The van der Waals surface area contributed by atoms with Crippen LogP contribution in [0.15, 0.2) is 72.3 Å². The molecule has 0 saturated carbocycles. The molecule has 1 heterocycles. The molecule has 8 heteroatoms. The van der Waals surface area contributed by atoms with Crippen LogP contribution in [0.5, 0.6) is 5.75 Å². The van der Waals surface area contributed by atoms with Gasteiger partial charge < -0.3 is 15.2 Å². The van der Waals surface area contributed by atoms with E-state index in [0.717, 1.165) is 42.4 Å². The normalized spacial score (nSPS) is 11.7. The summed E-state index contributed by atoms with van der Waals surface area (Å²) in [4.78, 5) is 26.3. The van der Waals surface area contributed by atoms with Crippen molar-refractivity contribution in [1.29, 1.82) is 0 Å². The molecule has 184 valence electrons. The number of hydrogen-bond acceptors (Lipinski definition) is 7. The zero-order valence-electron chi connectivity index (χ0n) is 20.2. The van der Waals surface area contributed by atoms with Crippen LogP contribution in [0.1, 0.15) is 41.3 Å². The second kappa shape index (κ2) is 11.6. The first-order valence-electron chi connectivity index (χ1n) is 11.7. The molecule has 4 rings (SSSR count). The highest BCUT2D eigenvalue weighted by Gasteiger charge is 2.24. The van der Waals surface area contributed by atoms with Crippen molar-refractivity contribution in [2.24, 2.45) is 0 Å². The number of nitrogens with one attached hydrogen (secondary N) is 1. The molecule has 0 aliphatic heterocycles. The van der Waals surface area contributed by atoms with Gasteiger partial charge in [0.25, 0.3) is 0 Å². The van der Waals surface area contributed by atoms with Gasteiger partial charge in [0.2, 0.25) is 0 Å². The first-order valence-corrected chi connectivity index (χ1v) is 12.4. The van der Waals surface area contributed by atoms with Gasteiger partial charge in [0.15, 0.2) is 5.78 Å². The highest BCUT2D eigenvalue weighted by molar-refractivity contribution is 7.00. The quantitative estimate of drug-likeness (QED) is 0.150. The maximum absolute atomic E-state index is 13.7. The number of aromatic nitrogens is 2. The average Bonchev–Trinajstić information content (AvgIpc) is 3.37. The Bertz CT molecular complexity index is 1390. The van der Waals surface area contributed by atoms with E-state index < -0.39 is 5.97 Å². The molecule has 2 N–H and O–H groups in total. The molecule has 0 aliphatic carbocycles. The molecule has 0 fully saturated rings. The number of methoxy groups -OCH3 is 1. The number of carbonyl (C=O) groups excluding carboxylic acids is 1. The molecule has 0 aliphatic rings. The van der Waals surface area contributed by atoms with Gasteiger partial charge in [-0.25, -0.2) is 4.79 Å². The lowest BCUT2D eigenvalue weighted by molar-refractivity contribution is -0.130. The Morgan fingerprint density at radius 2 is 1.64 bits per heavy atom. The summed E-state index contributed by atoms with van der Waals surface area (Å²) >= 11 is 1.06. The van der Waals surface area contributed by atoms with E-state index in [0.29, 0.717) is 27.9 Å². The number of ether oxygens (including phenoxy) is 1. The van der Waals surface area contributed by atoms with E-state index in [4.69, 9.17) is 4.74 Å². The SMILES string of the molecule is CCCCNc1ccc(CC(C(=O)c2ccc(OC)cc2)=C(C(=O)O)c2ccc3nsnc3c2)cc1. The Labute approximate surface area is 213 Å². The first-order chi connectivity index (χ1) is 17.5. The number of nitrogens with zero attached hydrogens (tertiary/aromatic N) is 2. The minimum atomic E-state index is -1.17. The van der Waals surface area contributed by atoms with Crippen molar-refractivity contribution in [1.82, 2.24) is 8.75 Å². The number of allylic oxidation sites excluding steroid dienone is 1. The Morgan fingerprint density at radius 1 is 0.944 bits per heavy atom. The van der Waals surface area contributed by atoms with Gasteiger partial charge in [0.05, 0.1) is 24.4 Å². The summed E-state index contributed by atoms with van der Waals surface area (Å²) in [6.45, 7) is 3.02. The third-order valence-corrected chi connectivity index (χ3v) is 6.44. The predicted octanol–water partition coefficient (Wildman–Crippen LogP) is 5.88. The van der Waals surface area contributed by atoms with Gasteiger partial charge in [-0.2, -0.15) is 8.75 Å². The molecule has 0 bridgehead atoms. The number of ketones is 1. The molecule has 7 nitrogen and oxygen atoms in total. The Hall–Kier alpha value is -4.04. The number of unbranched alkanes of at least 4 members (excludes halogenated alkanes) is 1. The molecule has 36 heavy (non-hydrogen) atoms. The number of carboxylic acid groups (broad SMARTS) is 1. The van der Waals surface area contributed by atoms with Crippen LogP contribution in [-0.4, -0.2) is 39.3 Å². The summed E-state index contributed by atoms with van der Waals surface area (Å²) in [6, 6.07) is 19.5. The van der Waals surface area contributed by atoms with Crippen LogP contribution >= 0.6 is 11.7 Å². The Balaban J connectivity index is 1.77. The largest absolute Gasteiger partial charge is 0.497 e. The lowest BCUT2D eigenvalue weighted by atomic mass is 9.89. The summed E-state index contributed by atoms with van der Waals surface area (Å²) < 4.78 is 13.6. The number of Topliss-reactive ketones (excluding diaryl/α,β-unsaturated/α-hetero) is 1. The first kappa shape index (κ1) is 25.1. The number of aliphatic carboxylic acids is 1. The van der Waals surface area contributed by atoms with Gasteiger partial charge >= 0.3 is 5.97 Å².